The van der Waals surface area contributed by atoms with Crippen LogP contribution in [0.1, 0.15) is 6.92 Å². The molecule has 8 heteroatoms. The topological polar surface area (TPSA) is 81.5 Å². The van der Waals surface area contributed by atoms with Crippen molar-refractivity contribution in [3.05, 3.63) is 48.5 Å². The molecule has 2 aromatic carbocycles. The van der Waals surface area contributed by atoms with Crippen LogP contribution < -0.4 is 24.4 Å². The highest BCUT2D eigenvalue weighted by Gasteiger charge is 2.34. The van der Waals surface area contributed by atoms with Crippen molar-refractivity contribution >= 4 is 17.5 Å². The number of piperazine rings is 1. The number of carbonyl (C=O) groups excluding carboxylic acids is 2. The van der Waals surface area contributed by atoms with Crippen molar-refractivity contribution in [3.63, 3.8) is 0 Å². The zero-order chi connectivity index (χ0) is 21.6. The van der Waals surface area contributed by atoms with Gasteiger partial charge in [0.1, 0.15) is 12.4 Å². The average molecular weight is 426 g/mol. The quantitative estimate of drug-likeness (QED) is 0.707. The van der Waals surface area contributed by atoms with E-state index in [1.807, 2.05) is 49.4 Å². The second-order valence-corrected chi connectivity index (χ2v) is 7.59. The third kappa shape index (κ3) is 5.08. The van der Waals surface area contributed by atoms with Crippen LogP contribution in [0, 0.1) is 0 Å². The summed E-state index contributed by atoms with van der Waals surface area (Å²) < 4.78 is 17.1. The molecule has 8 nitrogen and oxygen atoms in total. The van der Waals surface area contributed by atoms with Gasteiger partial charge in [-0.3, -0.25) is 9.59 Å². The Morgan fingerprint density at radius 1 is 1.10 bits per heavy atom. The van der Waals surface area contributed by atoms with Gasteiger partial charge in [0.25, 0.3) is 11.8 Å². The maximum absolute atomic E-state index is 12.9. The summed E-state index contributed by atoms with van der Waals surface area (Å²) in [4.78, 5) is 28.3. The molecule has 0 unspecified atom stereocenters. The first-order chi connectivity index (χ1) is 15.1. The molecule has 31 heavy (non-hydrogen) atoms. The number of para-hydroxylation sites is 4. The Balaban J connectivity index is 1.25. The van der Waals surface area contributed by atoms with Crippen LogP contribution in [0.4, 0.5) is 5.69 Å². The van der Waals surface area contributed by atoms with E-state index < -0.39 is 6.10 Å². The van der Waals surface area contributed by atoms with E-state index in [1.165, 1.54) is 0 Å². The molecule has 4 rings (SSSR count). The third-order valence-electron chi connectivity index (χ3n) is 5.44. The van der Waals surface area contributed by atoms with Gasteiger partial charge in [0, 0.05) is 0 Å². The Morgan fingerprint density at radius 2 is 1.81 bits per heavy atom. The number of anilines is 1. The Bertz CT molecular complexity index is 927. The lowest BCUT2D eigenvalue weighted by Crippen LogP contribution is -3.15. The number of rotatable bonds is 6. The fourth-order valence-corrected chi connectivity index (χ4v) is 3.84. The number of fused-ring (bicyclic) bond motifs is 1. The van der Waals surface area contributed by atoms with Crippen molar-refractivity contribution in [1.29, 1.82) is 0 Å². The summed E-state index contributed by atoms with van der Waals surface area (Å²) >= 11 is 0. The molecule has 1 atom stereocenters. The summed E-state index contributed by atoms with van der Waals surface area (Å²) in [6.45, 7) is 5.58. The average Bonchev–Trinajstić information content (AvgIpc) is 2.80. The van der Waals surface area contributed by atoms with Crippen molar-refractivity contribution in [1.82, 2.24) is 4.90 Å². The van der Waals surface area contributed by atoms with E-state index in [0.717, 1.165) is 4.90 Å². The number of nitrogens with zero attached hydrogens (tertiary/aromatic N) is 1. The minimum Gasteiger partial charge on any atom is -0.492 e. The zero-order valence-electron chi connectivity index (χ0n) is 17.6. The first kappa shape index (κ1) is 21.0. The fourth-order valence-electron chi connectivity index (χ4n) is 3.84. The molecular weight excluding hydrogens is 398 g/mol. The van der Waals surface area contributed by atoms with Gasteiger partial charge in [-0.2, -0.15) is 0 Å². The maximum atomic E-state index is 12.9. The smallest absolute Gasteiger partial charge is 0.279 e. The van der Waals surface area contributed by atoms with Crippen LogP contribution in [0.25, 0.3) is 0 Å². The lowest BCUT2D eigenvalue weighted by molar-refractivity contribution is -0.895. The number of nitrogens with one attached hydrogen (secondary N) is 2. The van der Waals surface area contributed by atoms with Crippen LogP contribution in [-0.2, 0) is 9.59 Å². The number of carbonyl (C=O) groups is 2. The Morgan fingerprint density at radius 3 is 2.58 bits per heavy atom. The minimum atomic E-state index is -0.630. The van der Waals surface area contributed by atoms with Gasteiger partial charge in [0.15, 0.2) is 18.0 Å². The van der Waals surface area contributed by atoms with Crippen molar-refractivity contribution in [2.45, 2.75) is 13.0 Å². The molecule has 0 spiro atoms. The van der Waals surface area contributed by atoms with Crippen LogP contribution in [0.2, 0.25) is 0 Å². The first-order valence-electron chi connectivity index (χ1n) is 10.7. The molecule has 2 amide bonds. The lowest BCUT2D eigenvalue weighted by atomic mass is 10.2. The summed E-state index contributed by atoms with van der Waals surface area (Å²) in [5, 5.41) is 2.94. The summed E-state index contributed by atoms with van der Waals surface area (Å²) in [5.41, 5.74) is 0.678. The number of hydrogen-bond acceptors (Lipinski definition) is 5. The van der Waals surface area contributed by atoms with Crippen molar-refractivity contribution in [2.24, 2.45) is 0 Å². The molecule has 0 aliphatic carbocycles. The van der Waals surface area contributed by atoms with Crippen LogP contribution in [-0.4, -0.2) is 68.8 Å². The highest BCUT2D eigenvalue weighted by molar-refractivity contribution is 5.93. The van der Waals surface area contributed by atoms with Crippen LogP contribution in [0.5, 0.6) is 17.2 Å². The van der Waals surface area contributed by atoms with Crippen molar-refractivity contribution < 1.29 is 28.7 Å². The standard InChI is InChI=1S/C23H27N3O5/c1-2-29-18-8-4-3-7-17(18)24-22(27)15-25-11-13-26(14-12-25)23(28)21-16-30-19-9-5-6-10-20(19)31-21/h3-10,21H,2,11-16H2,1H3,(H,24,27)/p+1/t21-/m0/s1. The largest absolute Gasteiger partial charge is 0.492 e. The monoisotopic (exact) mass is 426 g/mol. The SMILES string of the molecule is CCOc1ccccc1NC(=O)C[NH+]1CCN(C(=O)[C@@H]2COc3ccccc3O2)CC1. The number of quaternary nitrogens is 1. The molecule has 1 saturated heterocycles. The predicted molar refractivity (Wildman–Crippen MR) is 115 cm³/mol. The second-order valence-electron chi connectivity index (χ2n) is 7.59. The highest BCUT2D eigenvalue weighted by Crippen LogP contribution is 2.31. The van der Waals surface area contributed by atoms with E-state index in [-0.39, 0.29) is 18.4 Å². The number of hydrogen-bond donors (Lipinski definition) is 2. The summed E-state index contributed by atoms with van der Waals surface area (Å²) in [6, 6.07) is 14.8. The Kier molecular flexibility index (Phi) is 6.57. The molecule has 2 aromatic rings. The summed E-state index contributed by atoms with van der Waals surface area (Å²) in [7, 11) is 0. The maximum Gasteiger partial charge on any atom is 0.279 e. The van der Waals surface area contributed by atoms with Gasteiger partial charge in [0.2, 0.25) is 6.10 Å². The molecule has 0 bridgehead atoms. The highest BCUT2D eigenvalue weighted by atomic mass is 16.6. The van der Waals surface area contributed by atoms with Gasteiger partial charge in [-0.15, -0.1) is 0 Å². The normalized spacial score (nSPS) is 18.4. The summed E-state index contributed by atoms with van der Waals surface area (Å²) in [5.74, 6) is 1.80. The van der Waals surface area contributed by atoms with Gasteiger partial charge in [-0.25, -0.2) is 0 Å². The molecule has 2 aliphatic rings. The van der Waals surface area contributed by atoms with E-state index >= 15 is 0 Å². The van der Waals surface area contributed by atoms with E-state index in [4.69, 9.17) is 14.2 Å². The number of ether oxygens (including phenoxy) is 3. The van der Waals surface area contributed by atoms with Crippen LogP contribution >= 0.6 is 0 Å². The minimum absolute atomic E-state index is 0.0661. The van der Waals surface area contributed by atoms with Crippen LogP contribution in [0.15, 0.2) is 48.5 Å². The van der Waals surface area contributed by atoms with E-state index in [2.05, 4.69) is 5.32 Å². The third-order valence-corrected chi connectivity index (χ3v) is 5.44. The molecule has 0 radical (unpaired) electrons. The van der Waals surface area contributed by atoms with Gasteiger partial charge < -0.3 is 29.3 Å². The second kappa shape index (κ2) is 9.70. The van der Waals surface area contributed by atoms with Gasteiger partial charge in [-0.1, -0.05) is 24.3 Å². The molecule has 2 N–H and O–H groups in total. The van der Waals surface area contributed by atoms with E-state index in [1.54, 1.807) is 11.0 Å². The first-order valence-corrected chi connectivity index (χ1v) is 10.7. The zero-order valence-corrected chi connectivity index (χ0v) is 17.6. The number of benzene rings is 2. The van der Waals surface area contributed by atoms with E-state index in [9.17, 15) is 9.59 Å². The Hall–Kier alpha value is -3.26. The predicted octanol–water partition coefficient (Wildman–Crippen LogP) is 0.591. The van der Waals surface area contributed by atoms with Gasteiger partial charge in [0.05, 0.1) is 38.5 Å². The lowest BCUT2D eigenvalue weighted by Gasteiger charge is -2.35. The van der Waals surface area contributed by atoms with E-state index in [0.29, 0.717) is 62.3 Å². The molecule has 0 saturated carbocycles. The van der Waals surface area contributed by atoms with Crippen LogP contribution in [0.3, 0.4) is 0 Å². The van der Waals surface area contributed by atoms with Crippen molar-refractivity contribution in [3.8, 4) is 17.2 Å². The van der Waals surface area contributed by atoms with Gasteiger partial charge >= 0.3 is 0 Å². The molecule has 164 valence electrons. The number of amides is 2. The Labute approximate surface area is 181 Å². The van der Waals surface area contributed by atoms with Crippen molar-refractivity contribution in [2.75, 3.05) is 51.3 Å². The molecular formula is C23H28N3O5+. The molecule has 2 aliphatic heterocycles. The molecule has 2 heterocycles. The fraction of sp³-hybridized carbons (Fsp3) is 0.391. The van der Waals surface area contributed by atoms with Gasteiger partial charge in [-0.05, 0) is 31.2 Å². The summed E-state index contributed by atoms with van der Waals surface area (Å²) in [6.07, 6.45) is -0.630. The molecule has 1 fully saturated rings. The molecule has 0 aromatic heterocycles.